The van der Waals surface area contributed by atoms with E-state index in [-0.39, 0.29) is 0 Å². The first-order valence-corrected chi connectivity index (χ1v) is 6.46. The zero-order chi connectivity index (χ0) is 11.1. The fourth-order valence-electron chi connectivity index (χ4n) is 1.05. The van der Waals surface area contributed by atoms with Gasteiger partial charge in [-0.1, -0.05) is 11.8 Å². The third kappa shape index (κ3) is 4.16. The largest absolute Gasteiger partial charge is 0.303 e. The van der Waals surface area contributed by atoms with Crippen LogP contribution in [0.2, 0.25) is 0 Å². The van der Waals surface area contributed by atoms with Crippen molar-refractivity contribution in [1.29, 1.82) is 5.26 Å². The molecule has 6 heteroatoms. The van der Waals surface area contributed by atoms with Crippen molar-refractivity contribution in [3.05, 3.63) is 6.33 Å². The van der Waals surface area contributed by atoms with Crippen LogP contribution in [-0.2, 0) is 0 Å². The summed E-state index contributed by atoms with van der Waals surface area (Å²) in [6, 6.07) is 2.28. The Labute approximate surface area is 98.3 Å². The lowest BCUT2D eigenvalue weighted by Crippen LogP contribution is -2.37. The van der Waals surface area contributed by atoms with Gasteiger partial charge in [-0.15, -0.1) is 0 Å². The highest BCUT2D eigenvalue weighted by atomic mass is 32.2. The van der Waals surface area contributed by atoms with Crippen molar-refractivity contribution < 1.29 is 0 Å². The van der Waals surface area contributed by atoms with E-state index < -0.39 is 5.54 Å². The molecule has 1 N–H and O–H groups in total. The van der Waals surface area contributed by atoms with Gasteiger partial charge in [0.25, 0.3) is 0 Å². The van der Waals surface area contributed by atoms with Gasteiger partial charge in [-0.05, 0) is 38.3 Å². The third-order valence-electron chi connectivity index (χ3n) is 2.19. The SMILES string of the molecule is CNC(C)(C#N)CCCSc1ncns1. The number of thioether (sulfide) groups is 1. The van der Waals surface area contributed by atoms with Gasteiger partial charge >= 0.3 is 0 Å². The van der Waals surface area contributed by atoms with E-state index in [0.717, 1.165) is 22.9 Å². The molecule has 1 heterocycles. The Balaban J connectivity index is 2.20. The van der Waals surface area contributed by atoms with E-state index in [1.54, 1.807) is 18.1 Å². The zero-order valence-electron chi connectivity index (χ0n) is 8.86. The van der Waals surface area contributed by atoms with Crippen molar-refractivity contribution in [2.24, 2.45) is 0 Å². The van der Waals surface area contributed by atoms with Crippen molar-refractivity contribution >= 4 is 23.3 Å². The summed E-state index contributed by atoms with van der Waals surface area (Å²) in [5.74, 6) is 0.980. The van der Waals surface area contributed by atoms with Crippen LogP contribution < -0.4 is 5.32 Å². The molecule has 0 fully saturated rings. The summed E-state index contributed by atoms with van der Waals surface area (Å²) in [6.07, 6.45) is 3.42. The highest BCUT2D eigenvalue weighted by Gasteiger charge is 2.19. The molecule has 0 aliphatic heterocycles. The van der Waals surface area contributed by atoms with Gasteiger partial charge in [-0.25, -0.2) is 4.98 Å². The predicted molar refractivity (Wildman–Crippen MR) is 62.9 cm³/mol. The van der Waals surface area contributed by atoms with Crippen LogP contribution in [0.3, 0.4) is 0 Å². The molecule has 15 heavy (non-hydrogen) atoms. The summed E-state index contributed by atoms with van der Waals surface area (Å²) >= 11 is 3.11. The minimum absolute atomic E-state index is 0.401. The van der Waals surface area contributed by atoms with Crippen molar-refractivity contribution in [2.45, 2.75) is 29.6 Å². The first kappa shape index (κ1) is 12.4. The number of nitrogens with one attached hydrogen (secondary N) is 1. The Hall–Kier alpha value is -0.640. The quantitative estimate of drug-likeness (QED) is 0.610. The summed E-state index contributed by atoms with van der Waals surface area (Å²) in [5, 5.41) is 12.0. The van der Waals surface area contributed by atoms with E-state index in [1.807, 2.05) is 14.0 Å². The van der Waals surface area contributed by atoms with Crippen LogP contribution in [-0.4, -0.2) is 27.7 Å². The van der Waals surface area contributed by atoms with Crippen LogP contribution >= 0.6 is 23.3 Å². The first-order chi connectivity index (χ1) is 7.20. The Morgan fingerprint density at radius 1 is 1.73 bits per heavy atom. The minimum Gasteiger partial charge on any atom is -0.303 e. The molecule has 4 nitrogen and oxygen atoms in total. The molecule has 1 atom stereocenters. The van der Waals surface area contributed by atoms with Gasteiger partial charge in [-0.2, -0.15) is 9.64 Å². The molecular formula is C9H14N4S2. The van der Waals surface area contributed by atoms with E-state index in [1.165, 1.54) is 11.5 Å². The van der Waals surface area contributed by atoms with Gasteiger partial charge in [0, 0.05) is 5.75 Å². The maximum atomic E-state index is 8.93. The van der Waals surface area contributed by atoms with Gasteiger partial charge in [0.2, 0.25) is 0 Å². The molecule has 0 saturated heterocycles. The highest BCUT2D eigenvalue weighted by Crippen LogP contribution is 2.21. The van der Waals surface area contributed by atoms with E-state index >= 15 is 0 Å². The lowest BCUT2D eigenvalue weighted by molar-refractivity contribution is 0.451. The average Bonchev–Trinajstić information content (AvgIpc) is 2.77. The summed E-state index contributed by atoms with van der Waals surface area (Å²) in [7, 11) is 1.82. The van der Waals surface area contributed by atoms with E-state index in [0.29, 0.717) is 0 Å². The fraction of sp³-hybridized carbons (Fsp3) is 0.667. The van der Waals surface area contributed by atoms with Crippen LogP contribution in [0.25, 0.3) is 0 Å². The second-order valence-corrected chi connectivity index (χ2v) is 5.48. The second-order valence-electron chi connectivity index (χ2n) is 3.35. The summed E-state index contributed by atoms with van der Waals surface area (Å²) < 4.78 is 4.93. The van der Waals surface area contributed by atoms with Crippen LogP contribution in [0.1, 0.15) is 19.8 Å². The van der Waals surface area contributed by atoms with Gasteiger partial charge in [0.15, 0.2) is 4.34 Å². The number of hydrogen-bond donors (Lipinski definition) is 1. The lowest BCUT2D eigenvalue weighted by atomic mass is 9.99. The zero-order valence-corrected chi connectivity index (χ0v) is 10.5. The number of hydrogen-bond acceptors (Lipinski definition) is 6. The minimum atomic E-state index is -0.401. The normalized spacial score (nSPS) is 14.5. The molecule has 82 valence electrons. The van der Waals surface area contributed by atoms with Gasteiger partial charge in [0.1, 0.15) is 11.9 Å². The van der Waals surface area contributed by atoms with Crippen molar-refractivity contribution in [3.8, 4) is 6.07 Å². The summed E-state index contributed by atoms with van der Waals surface area (Å²) in [5.41, 5.74) is -0.401. The van der Waals surface area contributed by atoms with E-state index in [9.17, 15) is 0 Å². The molecule has 0 aliphatic rings. The third-order valence-corrected chi connectivity index (χ3v) is 4.07. The molecule has 1 aromatic heterocycles. The smallest absolute Gasteiger partial charge is 0.169 e. The molecule has 1 aromatic rings. The molecule has 0 aliphatic carbocycles. The average molecular weight is 242 g/mol. The molecule has 0 radical (unpaired) electrons. The topological polar surface area (TPSA) is 61.6 Å². The number of nitrogens with zero attached hydrogens (tertiary/aromatic N) is 3. The van der Waals surface area contributed by atoms with Crippen LogP contribution in [0.5, 0.6) is 0 Å². The lowest BCUT2D eigenvalue weighted by Gasteiger charge is -2.19. The molecular weight excluding hydrogens is 228 g/mol. The Morgan fingerprint density at radius 2 is 2.53 bits per heavy atom. The van der Waals surface area contributed by atoms with Crippen LogP contribution in [0.4, 0.5) is 0 Å². The molecule has 0 bridgehead atoms. The number of nitriles is 1. The maximum Gasteiger partial charge on any atom is 0.169 e. The van der Waals surface area contributed by atoms with Crippen LogP contribution in [0, 0.1) is 11.3 Å². The van der Waals surface area contributed by atoms with Crippen molar-refractivity contribution in [2.75, 3.05) is 12.8 Å². The van der Waals surface area contributed by atoms with Crippen molar-refractivity contribution in [3.63, 3.8) is 0 Å². The van der Waals surface area contributed by atoms with Crippen LogP contribution in [0.15, 0.2) is 10.7 Å². The van der Waals surface area contributed by atoms with Gasteiger partial charge in [-0.3, -0.25) is 0 Å². The molecule has 0 amide bonds. The standard InChI is InChI=1S/C9H14N4S2/c1-9(6-10,11-2)4-3-5-14-8-12-7-13-15-8/h7,11H,3-5H2,1-2H3. The summed E-state index contributed by atoms with van der Waals surface area (Å²) in [6.45, 7) is 1.92. The predicted octanol–water partition coefficient (Wildman–Crippen LogP) is 1.91. The highest BCUT2D eigenvalue weighted by molar-refractivity contribution is 8.00. The Bertz CT molecular complexity index is 319. The van der Waals surface area contributed by atoms with E-state index in [2.05, 4.69) is 20.7 Å². The van der Waals surface area contributed by atoms with Gasteiger partial charge < -0.3 is 5.32 Å². The second kappa shape index (κ2) is 6.05. The monoisotopic (exact) mass is 242 g/mol. The maximum absolute atomic E-state index is 8.93. The van der Waals surface area contributed by atoms with Gasteiger partial charge in [0.05, 0.1) is 6.07 Å². The first-order valence-electron chi connectivity index (χ1n) is 4.70. The fourth-order valence-corrected chi connectivity index (χ4v) is 2.50. The molecule has 0 aromatic carbocycles. The number of rotatable bonds is 6. The number of aromatic nitrogens is 2. The Morgan fingerprint density at radius 3 is 3.07 bits per heavy atom. The molecule has 0 saturated carbocycles. The molecule has 1 unspecified atom stereocenters. The van der Waals surface area contributed by atoms with E-state index in [4.69, 9.17) is 5.26 Å². The Kier molecular flexibility index (Phi) is 5.02. The molecule has 0 spiro atoms. The molecule has 1 rings (SSSR count). The van der Waals surface area contributed by atoms with Crippen molar-refractivity contribution in [1.82, 2.24) is 14.7 Å². The summed E-state index contributed by atoms with van der Waals surface area (Å²) in [4.78, 5) is 4.08.